The summed E-state index contributed by atoms with van der Waals surface area (Å²) in [5.74, 6) is 1.51. The van der Waals surface area contributed by atoms with E-state index in [9.17, 15) is 13.2 Å². The average Bonchev–Trinajstić information content (AvgIpc) is 3.53. The molecule has 5 rings (SSSR count). The number of anilines is 4. The summed E-state index contributed by atoms with van der Waals surface area (Å²) in [6.07, 6.45) is 3.26. The number of hydrogen-bond acceptors (Lipinski definition) is 11. The highest BCUT2D eigenvalue weighted by Crippen LogP contribution is 2.38. The van der Waals surface area contributed by atoms with Gasteiger partial charge >= 0.3 is 0 Å². The minimum absolute atomic E-state index is 0.00643. The smallest absolute Gasteiger partial charge is 0.239 e. The van der Waals surface area contributed by atoms with Gasteiger partial charge in [0.05, 0.1) is 47.5 Å². The fourth-order valence-electron chi connectivity index (χ4n) is 5.74. The molecule has 46 heavy (non-hydrogen) atoms. The lowest BCUT2D eigenvalue weighted by Crippen LogP contribution is -2.48. The van der Waals surface area contributed by atoms with Gasteiger partial charge in [-0.25, -0.2) is 8.42 Å². The number of hydrogen-bond donors (Lipinski definition) is 4. The van der Waals surface area contributed by atoms with E-state index in [2.05, 4.69) is 37.9 Å². The number of aromatic nitrogens is 4. The summed E-state index contributed by atoms with van der Waals surface area (Å²) in [6.45, 7) is 8.88. The number of carbonyl (C=O) groups is 1. The van der Waals surface area contributed by atoms with Crippen LogP contribution in [-0.4, -0.2) is 88.6 Å². The quantitative estimate of drug-likeness (QED) is 0.176. The topological polar surface area (TPSA) is 163 Å². The Morgan fingerprint density at radius 3 is 2.50 bits per heavy atom. The summed E-state index contributed by atoms with van der Waals surface area (Å²) in [4.78, 5) is 24.2. The molecular formula is C32H42N8O5S. The van der Waals surface area contributed by atoms with Crippen LogP contribution < -0.4 is 20.7 Å². The maximum Gasteiger partial charge on any atom is 0.239 e. The molecule has 1 aliphatic rings. The van der Waals surface area contributed by atoms with Crippen molar-refractivity contribution in [3.63, 3.8) is 0 Å². The van der Waals surface area contributed by atoms with Crippen LogP contribution in [0.4, 0.5) is 23.3 Å². The van der Waals surface area contributed by atoms with E-state index in [1.807, 2.05) is 24.0 Å². The van der Waals surface area contributed by atoms with Gasteiger partial charge in [-0.2, -0.15) is 19.6 Å². The Hall–Kier alpha value is -4.27. The van der Waals surface area contributed by atoms with Crippen molar-refractivity contribution in [2.45, 2.75) is 62.6 Å². The molecule has 14 heteroatoms. The zero-order chi connectivity index (χ0) is 33.0. The first-order valence-electron chi connectivity index (χ1n) is 15.4. The number of piperidine rings is 1. The number of aliphatic hydroxyl groups excluding tert-OH is 1. The predicted molar refractivity (Wildman–Crippen MR) is 177 cm³/mol. The third-order valence-electron chi connectivity index (χ3n) is 8.33. The molecule has 13 nitrogen and oxygen atoms in total. The Balaban J connectivity index is 1.37. The summed E-state index contributed by atoms with van der Waals surface area (Å²) in [5.41, 5.74) is 3.82. The van der Waals surface area contributed by atoms with E-state index >= 15 is 0 Å². The van der Waals surface area contributed by atoms with Crippen LogP contribution in [0.15, 0.2) is 53.6 Å². The second kappa shape index (κ2) is 14.0. The molecule has 1 atom stereocenters. The van der Waals surface area contributed by atoms with Crippen LogP contribution in [-0.2, 0) is 14.6 Å². The first-order valence-corrected chi connectivity index (χ1v) is 17.0. The molecule has 246 valence electrons. The molecular weight excluding hydrogens is 608 g/mol. The largest absolute Gasteiger partial charge is 0.495 e. The fourth-order valence-corrected chi connectivity index (χ4v) is 6.94. The van der Waals surface area contributed by atoms with Crippen molar-refractivity contribution in [1.82, 2.24) is 29.8 Å². The number of nitrogens with one attached hydrogen (secondary N) is 3. The van der Waals surface area contributed by atoms with Crippen LogP contribution >= 0.6 is 0 Å². The second-order valence-electron chi connectivity index (χ2n) is 11.7. The first kappa shape index (κ1) is 33.1. The Kier molecular flexibility index (Phi) is 10.1. The number of rotatable bonds is 12. The molecule has 3 heterocycles. The predicted octanol–water partition coefficient (Wildman–Crippen LogP) is 3.79. The number of sulfone groups is 1. The van der Waals surface area contributed by atoms with Gasteiger partial charge in [0.1, 0.15) is 5.75 Å². The number of methoxy groups -OCH3 is 1. The minimum atomic E-state index is -3.57. The van der Waals surface area contributed by atoms with Crippen molar-refractivity contribution in [3.05, 3.63) is 59.8 Å². The zero-order valence-corrected chi connectivity index (χ0v) is 27.6. The molecule has 0 bridgehead atoms. The summed E-state index contributed by atoms with van der Waals surface area (Å²) < 4.78 is 33.4. The monoisotopic (exact) mass is 650 g/mol. The van der Waals surface area contributed by atoms with Gasteiger partial charge in [0.15, 0.2) is 15.5 Å². The number of nitrogens with zero attached hydrogens (tertiary/aromatic N) is 5. The van der Waals surface area contributed by atoms with Crippen LogP contribution in [0.5, 0.6) is 5.75 Å². The summed E-state index contributed by atoms with van der Waals surface area (Å²) in [6, 6.07) is 12.2. The fraction of sp³-hybridized carbons (Fsp3) is 0.438. The van der Waals surface area contributed by atoms with Gasteiger partial charge in [-0.3, -0.25) is 4.79 Å². The van der Waals surface area contributed by atoms with Crippen molar-refractivity contribution in [2.75, 3.05) is 44.0 Å². The number of amides is 1. The molecule has 1 amide bonds. The maximum atomic E-state index is 13.1. The van der Waals surface area contributed by atoms with E-state index < -0.39 is 15.1 Å². The number of likely N-dealkylation sites (tertiary alicyclic amines) is 1. The molecule has 4 aromatic rings. The lowest BCUT2D eigenvalue weighted by molar-refractivity contribution is -0.134. The maximum absolute atomic E-state index is 13.1. The van der Waals surface area contributed by atoms with E-state index in [-0.39, 0.29) is 35.3 Å². The SMILES string of the molecule is COc1cc(C2CCN(C(=O)[C@@H](C)NCCO)CC2)c(C)cc1Nc1nc(Nc2ccccc2S(=O)(=O)C(C)C)n2nccc2n1. The van der Waals surface area contributed by atoms with Crippen LogP contribution in [0.1, 0.15) is 50.7 Å². The highest BCUT2D eigenvalue weighted by molar-refractivity contribution is 7.92. The Bertz CT molecular complexity index is 1800. The summed E-state index contributed by atoms with van der Waals surface area (Å²) in [5, 5.41) is 22.3. The highest BCUT2D eigenvalue weighted by Gasteiger charge is 2.28. The molecule has 0 radical (unpaired) electrons. The number of benzene rings is 2. The van der Waals surface area contributed by atoms with E-state index in [1.54, 1.807) is 57.5 Å². The van der Waals surface area contributed by atoms with E-state index in [1.165, 1.54) is 10.1 Å². The van der Waals surface area contributed by atoms with Crippen LogP contribution in [0.3, 0.4) is 0 Å². The Morgan fingerprint density at radius 1 is 1.07 bits per heavy atom. The van der Waals surface area contributed by atoms with Gasteiger partial charge in [-0.05, 0) is 81.8 Å². The Labute approximate surface area is 269 Å². The first-order chi connectivity index (χ1) is 22.0. The van der Waals surface area contributed by atoms with Crippen molar-refractivity contribution in [3.8, 4) is 5.75 Å². The van der Waals surface area contributed by atoms with Gasteiger partial charge < -0.3 is 30.7 Å². The molecule has 0 unspecified atom stereocenters. The van der Waals surface area contributed by atoms with Gasteiger partial charge in [0.25, 0.3) is 0 Å². The third-order valence-corrected chi connectivity index (χ3v) is 10.5. The molecule has 2 aromatic carbocycles. The summed E-state index contributed by atoms with van der Waals surface area (Å²) >= 11 is 0. The highest BCUT2D eigenvalue weighted by atomic mass is 32.2. The number of carbonyl (C=O) groups excluding carboxylic acids is 1. The van der Waals surface area contributed by atoms with Crippen molar-refractivity contribution >= 4 is 44.7 Å². The minimum Gasteiger partial charge on any atom is -0.495 e. The van der Waals surface area contributed by atoms with Crippen molar-refractivity contribution in [1.29, 1.82) is 0 Å². The number of aliphatic hydroxyl groups is 1. The lowest BCUT2D eigenvalue weighted by atomic mass is 9.86. The molecule has 1 fully saturated rings. The van der Waals surface area contributed by atoms with Gasteiger partial charge in [-0.15, -0.1) is 0 Å². The second-order valence-corrected chi connectivity index (χ2v) is 14.2. The van der Waals surface area contributed by atoms with Gasteiger partial charge in [0, 0.05) is 25.7 Å². The van der Waals surface area contributed by atoms with Crippen molar-refractivity contribution in [2.24, 2.45) is 0 Å². The van der Waals surface area contributed by atoms with E-state index in [4.69, 9.17) is 9.84 Å². The molecule has 2 aromatic heterocycles. The van der Waals surface area contributed by atoms with Gasteiger partial charge in [0.2, 0.25) is 17.8 Å². The molecule has 0 aliphatic carbocycles. The van der Waals surface area contributed by atoms with Gasteiger partial charge in [-0.1, -0.05) is 12.1 Å². The van der Waals surface area contributed by atoms with E-state index in [0.717, 1.165) is 18.4 Å². The molecule has 1 saturated heterocycles. The van der Waals surface area contributed by atoms with Crippen LogP contribution in [0, 0.1) is 6.92 Å². The third kappa shape index (κ3) is 6.93. The molecule has 0 saturated carbocycles. The zero-order valence-electron chi connectivity index (χ0n) is 26.8. The number of fused-ring (bicyclic) bond motifs is 1. The normalized spacial score (nSPS) is 14.9. The number of aryl methyl sites for hydroxylation is 1. The molecule has 4 N–H and O–H groups in total. The van der Waals surface area contributed by atoms with Crippen molar-refractivity contribution < 1.29 is 23.1 Å². The average molecular weight is 651 g/mol. The summed E-state index contributed by atoms with van der Waals surface area (Å²) in [7, 11) is -1.95. The standard InChI is InChI=1S/C32H42N8O5S/c1-20(2)46(43,44)28-9-7-6-8-25(28)36-32-38-31(37-29-10-13-34-40(29)32)35-26-18-21(3)24(19-27(26)45-5)23-11-15-39(16-12-23)30(42)22(4)33-14-17-41/h6-10,13,18-20,22-23,33,41H,11-12,14-17H2,1-5H3,(H2,35,36,37,38)/t22-/m1/s1. The van der Waals surface area contributed by atoms with Crippen LogP contribution in [0.2, 0.25) is 0 Å². The molecule has 0 spiro atoms. The molecule has 1 aliphatic heterocycles. The van der Waals surface area contributed by atoms with E-state index in [0.29, 0.717) is 48.4 Å². The number of ether oxygens (including phenoxy) is 1. The lowest BCUT2D eigenvalue weighted by Gasteiger charge is -2.34. The Morgan fingerprint density at radius 2 is 1.80 bits per heavy atom. The van der Waals surface area contributed by atoms with Crippen LogP contribution in [0.25, 0.3) is 5.65 Å². The number of para-hydroxylation sites is 1.